The molecule has 1 aromatic heterocycles. The summed E-state index contributed by atoms with van der Waals surface area (Å²) in [5.74, 6) is -0.137. The zero-order valence-corrected chi connectivity index (χ0v) is 14.6. The molecule has 0 aliphatic carbocycles. The van der Waals surface area contributed by atoms with Crippen LogP contribution >= 0.6 is 11.6 Å². The van der Waals surface area contributed by atoms with Crippen molar-refractivity contribution in [2.45, 2.75) is 6.04 Å². The summed E-state index contributed by atoms with van der Waals surface area (Å²) < 4.78 is 1.89. The largest absolute Gasteiger partial charge is 0.324 e. The Morgan fingerprint density at radius 3 is 2.38 bits per heavy atom. The molecule has 1 atom stereocenters. The van der Waals surface area contributed by atoms with Crippen molar-refractivity contribution in [1.82, 2.24) is 9.55 Å². The third-order valence-electron chi connectivity index (χ3n) is 4.23. The summed E-state index contributed by atoms with van der Waals surface area (Å²) in [6.07, 6.45) is 1.70. The molecule has 0 spiro atoms. The zero-order chi connectivity index (χ0) is 17.9. The Morgan fingerprint density at radius 1 is 0.923 bits per heavy atom. The molecule has 5 heteroatoms. The minimum atomic E-state index is -0.556. The number of nitrogens with zero attached hydrogens (tertiary/aromatic N) is 2. The van der Waals surface area contributed by atoms with Gasteiger partial charge in [-0.3, -0.25) is 4.79 Å². The molecule has 4 rings (SSSR count). The second kappa shape index (κ2) is 7.02. The lowest BCUT2D eigenvalue weighted by Gasteiger charge is -2.20. The Morgan fingerprint density at radius 2 is 1.62 bits per heavy atom. The molecule has 0 radical (unpaired) electrons. The van der Waals surface area contributed by atoms with Crippen LogP contribution in [0.4, 0.5) is 5.69 Å². The second-order valence-electron chi connectivity index (χ2n) is 5.95. The van der Waals surface area contributed by atoms with E-state index in [1.165, 1.54) is 0 Å². The molecule has 26 heavy (non-hydrogen) atoms. The van der Waals surface area contributed by atoms with Gasteiger partial charge in [0.25, 0.3) is 5.91 Å². The first kappa shape index (κ1) is 16.4. The van der Waals surface area contributed by atoms with Crippen LogP contribution in [-0.4, -0.2) is 15.5 Å². The monoisotopic (exact) mass is 361 g/mol. The number of rotatable bonds is 4. The van der Waals surface area contributed by atoms with E-state index in [9.17, 15) is 4.79 Å². The van der Waals surface area contributed by atoms with Crippen molar-refractivity contribution >= 4 is 34.2 Å². The van der Waals surface area contributed by atoms with Gasteiger partial charge in [-0.25, -0.2) is 4.98 Å². The number of aromatic nitrogens is 2. The van der Waals surface area contributed by atoms with Crippen LogP contribution in [0.25, 0.3) is 11.0 Å². The van der Waals surface area contributed by atoms with Gasteiger partial charge < -0.3 is 9.88 Å². The lowest BCUT2D eigenvalue weighted by Crippen LogP contribution is -2.26. The fraction of sp³-hybridized carbons (Fsp3) is 0.0476. The Bertz CT molecular complexity index is 1040. The van der Waals surface area contributed by atoms with Crippen molar-refractivity contribution in [1.29, 1.82) is 0 Å². The second-order valence-corrected chi connectivity index (χ2v) is 6.39. The van der Waals surface area contributed by atoms with Gasteiger partial charge in [0.1, 0.15) is 6.04 Å². The number of amides is 1. The highest BCUT2D eigenvalue weighted by atomic mass is 35.5. The maximum atomic E-state index is 13.1. The first-order chi connectivity index (χ1) is 12.7. The standard InChI is InChI=1S/C21H16ClN3O/c22-16-12-10-15(11-13-16)20(21(26)24-17-6-2-1-3-7-17)25-14-23-18-8-4-5-9-19(18)25/h1-14,20H,(H,24,26)/t20-/m1/s1. The normalized spacial score (nSPS) is 12.0. The minimum Gasteiger partial charge on any atom is -0.324 e. The summed E-state index contributed by atoms with van der Waals surface area (Å²) >= 11 is 6.03. The molecule has 0 aliphatic rings. The Labute approximate surface area is 156 Å². The summed E-state index contributed by atoms with van der Waals surface area (Å²) in [7, 11) is 0. The van der Waals surface area contributed by atoms with Gasteiger partial charge in [-0.05, 0) is 42.0 Å². The van der Waals surface area contributed by atoms with Crippen LogP contribution in [0.2, 0.25) is 5.02 Å². The average molecular weight is 362 g/mol. The van der Waals surface area contributed by atoms with Gasteiger partial charge in [-0.2, -0.15) is 0 Å². The van der Waals surface area contributed by atoms with Crippen LogP contribution in [0.3, 0.4) is 0 Å². The molecule has 1 N–H and O–H groups in total. The highest BCUT2D eigenvalue weighted by Gasteiger charge is 2.24. The highest BCUT2D eigenvalue weighted by molar-refractivity contribution is 6.30. The number of nitrogens with one attached hydrogen (secondary N) is 1. The van der Waals surface area contributed by atoms with Crippen LogP contribution in [0.1, 0.15) is 11.6 Å². The molecule has 3 aromatic carbocycles. The van der Waals surface area contributed by atoms with Gasteiger partial charge in [0.05, 0.1) is 17.4 Å². The molecular formula is C21H16ClN3O. The molecular weight excluding hydrogens is 346 g/mol. The Kier molecular flexibility index (Phi) is 4.42. The van der Waals surface area contributed by atoms with E-state index in [1.807, 2.05) is 71.3 Å². The van der Waals surface area contributed by atoms with Crippen molar-refractivity contribution in [2.24, 2.45) is 0 Å². The molecule has 0 saturated heterocycles. The predicted molar refractivity (Wildman–Crippen MR) is 104 cm³/mol. The van der Waals surface area contributed by atoms with E-state index in [1.54, 1.807) is 18.5 Å². The van der Waals surface area contributed by atoms with Crippen molar-refractivity contribution < 1.29 is 4.79 Å². The van der Waals surface area contributed by atoms with Crippen molar-refractivity contribution in [2.75, 3.05) is 5.32 Å². The van der Waals surface area contributed by atoms with E-state index in [0.717, 1.165) is 22.3 Å². The number of anilines is 1. The van der Waals surface area contributed by atoms with Crippen LogP contribution in [0, 0.1) is 0 Å². The Balaban J connectivity index is 1.79. The van der Waals surface area contributed by atoms with E-state index >= 15 is 0 Å². The summed E-state index contributed by atoms with van der Waals surface area (Å²) in [5, 5.41) is 3.62. The number of hydrogen-bond donors (Lipinski definition) is 1. The summed E-state index contributed by atoms with van der Waals surface area (Å²) in [6.45, 7) is 0. The number of halogens is 1. The average Bonchev–Trinajstić information content (AvgIpc) is 3.08. The number of imidazole rings is 1. The highest BCUT2D eigenvalue weighted by Crippen LogP contribution is 2.26. The van der Waals surface area contributed by atoms with E-state index in [4.69, 9.17) is 11.6 Å². The molecule has 4 nitrogen and oxygen atoms in total. The molecule has 1 amide bonds. The van der Waals surface area contributed by atoms with Crippen LogP contribution in [-0.2, 0) is 4.79 Å². The van der Waals surface area contributed by atoms with Crippen LogP contribution in [0.15, 0.2) is 85.2 Å². The van der Waals surface area contributed by atoms with E-state index in [-0.39, 0.29) is 5.91 Å². The van der Waals surface area contributed by atoms with Crippen LogP contribution < -0.4 is 5.32 Å². The van der Waals surface area contributed by atoms with Gasteiger partial charge in [-0.1, -0.05) is 54.1 Å². The maximum Gasteiger partial charge on any atom is 0.252 e. The number of carbonyl (C=O) groups is 1. The van der Waals surface area contributed by atoms with Gasteiger partial charge in [0, 0.05) is 10.7 Å². The van der Waals surface area contributed by atoms with E-state index in [0.29, 0.717) is 5.02 Å². The number of benzene rings is 3. The SMILES string of the molecule is O=C(Nc1ccccc1)[C@@H](c1ccc(Cl)cc1)n1cnc2ccccc21. The van der Waals surface area contributed by atoms with E-state index in [2.05, 4.69) is 10.3 Å². The fourth-order valence-electron chi connectivity index (χ4n) is 3.00. The van der Waals surface area contributed by atoms with E-state index < -0.39 is 6.04 Å². The van der Waals surface area contributed by atoms with Crippen LogP contribution in [0.5, 0.6) is 0 Å². The summed E-state index contributed by atoms with van der Waals surface area (Å²) in [6, 6.07) is 23.9. The quantitative estimate of drug-likeness (QED) is 0.561. The predicted octanol–water partition coefficient (Wildman–Crippen LogP) is 4.92. The maximum absolute atomic E-state index is 13.1. The van der Waals surface area contributed by atoms with Gasteiger partial charge in [-0.15, -0.1) is 0 Å². The molecule has 1 heterocycles. The zero-order valence-electron chi connectivity index (χ0n) is 13.8. The van der Waals surface area contributed by atoms with Crippen molar-refractivity contribution in [3.63, 3.8) is 0 Å². The number of carbonyl (C=O) groups excluding carboxylic acids is 1. The third kappa shape index (κ3) is 3.19. The summed E-state index contributed by atoms with van der Waals surface area (Å²) in [4.78, 5) is 17.6. The number of fused-ring (bicyclic) bond motifs is 1. The lowest BCUT2D eigenvalue weighted by atomic mass is 10.1. The molecule has 0 fully saturated rings. The first-order valence-corrected chi connectivity index (χ1v) is 8.63. The lowest BCUT2D eigenvalue weighted by molar-refractivity contribution is -0.118. The van der Waals surface area contributed by atoms with Gasteiger partial charge in [0.15, 0.2) is 0 Å². The van der Waals surface area contributed by atoms with Gasteiger partial charge >= 0.3 is 0 Å². The molecule has 128 valence electrons. The number of para-hydroxylation sites is 3. The molecule has 4 aromatic rings. The molecule has 0 aliphatic heterocycles. The first-order valence-electron chi connectivity index (χ1n) is 8.25. The molecule has 0 unspecified atom stereocenters. The fourth-order valence-corrected chi connectivity index (χ4v) is 3.13. The van der Waals surface area contributed by atoms with Crippen molar-refractivity contribution in [3.05, 3.63) is 95.8 Å². The molecule has 0 bridgehead atoms. The summed E-state index contributed by atoms with van der Waals surface area (Å²) in [5.41, 5.74) is 3.33. The smallest absolute Gasteiger partial charge is 0.252 e. The minimum absolute atomic E-state index is 0.137. The topological polar surface area (TPSA) is 46.9 Å². The molecule has 0 saturated carbocycles. The Hall–Kier alpha value is -3.11. The van der Waals surface area contributed by atoms with Crippen molar-refractivity contribution in [3.8, 4) is 0 Å². The van der Waals surface area contributed by atoms with Gasteiger partial charge in [0.2, 0.25) is 0 Å². The number of hydrogen-bond acceptors (Lipinski definition) is 2. The third-order valence-corrected chi connectivity index (χ3v) is 4.49.